The van der Waals surface area contributed by atoms with Gasteiger partial charge in [-0.25, -0.2) is 8.42 Å². The van der Waals surface area contributed by atoms with E-state index in [1.54, 1.807) is 26.0 Å². The number of nitrogens with zero attached hydrogens (tertiary/aromatic N) is 1. The van der Waals surface area contributed by atoms with Crippen LogP contribution in [-0.4, -0.2) is 34.6 Å². The van der Waals surface area contributed by atoms with E-state index in [0.29, 0.717) is 17.6 Å². The normalized spacial score (nSPS) is 11.3. The summed E-state index contributed by atoms with van der Waals surface area (Å²) in [6.07, 6.45) is 1.23. The van der Waals surface area contributed by atoms with Gasteiger partial charge in [0.05, 0.1) is 10.6 Å². The summed E-state index contributed by atoms with van der Waals surface area (Å²) in [5, 5.41) is 0. The number of anilines is 1. The van der Waals surface area contributed by atoms with Crippen LogP contribution in [0.5, 0.6) is 0 Å². The Hall–Kier alpha value is -2.14. The average molecular weight is 390 g/mol. The summed E-state index contributed by atoms with van der Waals surface area (Å²) in [6.45, 7) is 7.28. The van der Waals surface area contributed by atoms with Gasteiger partial charge < -0.3 is 9.69 Å². The standard InChI is InChI=1S/C20H25NO3S.C2H6/c1-20(2,14-22)15-25(23,24)19-11-10-18(21(3)4)13-17(19)12-16-8-6-5-7-9-16;1-2/h5-11,13-14H,12,15H2,1-4H3;1-2H3. The van der Waals surface area contributed by atoms with Crippen molar-refractivity contribution in [1.29, 1.82) is 0 Å². The van der Waals surface area contributed by atoms with Gasteiger partial charge in [-0.3, -0.25) is 0 Å². The highest BCUT2D eigenvalue weighted by molar-refractivity contribution is 7.91. The van der Waals surface area contributed by atoms with Crippen molar-refractivity contribution in [3.8, 4) is 0 Å². The molecule has 5 heteroatoms. The van der Waals surface area contributed by atoms with E-state index in [1.807, 2.05) is 69.2 Å². The van der Waals surface area contributed by atoms with Crippen molar-refractivity contribution in [3.05, 3.63) is 59.7 Å². The third-order valence-corrected chi connectivity index (χ3v) is 6.21. The molecule has 0 saturated carbocycles. The van der Waals surface area contributed by atoms with Crippen LogP contribution in [0.25, 0.3) is 0 Å². The Balaban J connectivity index is 0.00000176. The van der Waals surface area contributed by atoms with E-state index in [-0.39, 0.29) is 5.75 Å². The Morgan fingerprint density at radius 1 is 1.00 bits per heavy atom. The molecule has 0 atom stereocenters. The van der Waals surface area contributed by atoms with Crippen LogP contribution in [0.15, 0.2) is 53.4 Å². The second-order valence-corrected chi connectivity index (χ2v) is 9.17. The van der Waals surface area contributed by atoms with Crippen LogP contribution in [0.1, 0.15) is 38.8 Å². The highest BCUT2D eigenvalue weighted by Crippen LogP contribution is 2.28. The maximum atomic E-state index is 12.9. The van der Waals surface area contributed by atoms with Crippen molar-refractivity contribution in [1.82, 2.24) is 0 Å². The number of hydrogen-bond donors (Lipinski definition) is 0. The molecule has 0 bridgehead atoms. The number of sulfone groups is 1. The summed E-state index contributed by atoms with van der Waals surface area (Å²) in [5.41, 5.74) is 1.83. The minimum Gasteiger partial charge on any atom is -0.378 e. The summed E-state index contributed by atoms with van der Waals surface area (Å²) in [7, 11) is 0.271. The molecule has 0 amide bonds. The van der Waals surface area contributed by atoms with E-state index in [4.69, 9.17) is 0 Å². The third kappa shape index (κ3) is 6.51. The lowest BCUT2D eigenvalue weighted by molar-refractivity contribution is -0.113. The molecule has 0 fully saturated rings. The Morgan fingerprint density at radius 2 is 1.59 bits per heavy atom. The van der Waals surface area contributed by atoms with Crippen molar-refractivity contribution >= 4 is 21.8 Å². The molecule has 0 N–H and O–H groups in total. The molecule has 2 aromatic rings. The van der Waals surface area contributed by atoms with Crippen LogP contribution in [-0.2, 0) is 21.1 Å². The van der Waals surface area contributed by atoms with Gasteiger partial charge in [-0.1, -0.05) is 58.0 Å². The van der Waals surface area contributed by atoms with Crippen LogP contribution in [0.3, 0.4) is 0 Å². The summed E-state index contributed by atoms with van der Waals surface area (Å²) >= 11 is 0. The topological polar surface area (TPSA) is 54.5 Å². The fraction of sp³-hybridized carbons (Fsp3) is 0.409. The minimum absolute atomic E-state index is 0.202. The first-order valence-electron chi connectivity index (χ1n) is 9.18. The van der Waals surface area contributed by atoms with Gasteiger partial charge in [0.1, 0.15) is 6.29 Å². The smallest absolute Gasteiger partial charge is 0.179 e. The molecule has 2 rings (SSSR count). The van der Waals surface area contributed by atoms with Crippen LogP contribution in [0.2, 0.25) is 0 Å². The molecular weight excluding hydrogens is 358 g/mol. The van der Waals surface area contributed by atoms with E-state index >= 15 is 0 Å². The zero-order valence-electron chi connectivity index (χ0n) is 17.2. The highest BCUT2D eigenvalue weighted by Gasteiger charge is 2.29. The molecule has 2 aromatic carbocycles. The average Bonchev–Trinajstić information content (AvgIpc) is 2.63. The van der Waals surface area contributed by atoms with Gasteiger partial charge in [-0.2, -0.15) is 0 Å². The lowest BCUT2D eigenvalue weighted by atomic mass is 10.00. The van der Waals surface area contributed by atoms with E-state index in [2.05, 4.69) is 0 Å². The summed E-state index contributed by atoms with van der Waals surface area (Å²) in [5.74, 6) is -0.202. The monoisotopic (exact) mass is 389 g/mol. The molecule has 0 aromatic heterocycles. The van der Waals surface area contributed by atoms with Gasteiger partial charge in [-0.15, -0.1) is 0 Å². The third-order valence-electron chi connectivity index (χ3n) is 4.01. The molecule has 0 aliphatic heterocycles. The number of benzene rings is 2. The van der Waals surface area contributed by atoms with E-state index in [0.717, 1.165) is 16.8 Å². The second-order valence-electron chi connectivity index (χ2n) is 7.21. The van der Waals surface area contributed by atoms with Crippen molar-refractivity contribution in [3.63, 3.8) is 0 Å². The Morgan fingerprint density at radius 3 is 2.11 bits per heavy atom. The Bertz CT molecular complexity index is 841. The second kappa shape index (κ2) is 9.70. The lowest BCUT2D eigenvalue weighted by Crippen LogP contribution is -2.26. The molecule has 0 aliphatic rings. The van der Waals surface area contributed by atoms with Crippen LogP contribution in [0.4, 0.5) is 5.69 Å². The van der Waals surface area contributed by atoms with Gasteiger partial charge >= 0.3 is 0 Å². The molecule has 148 valence electrons. The molecule has 0 radical (unpaired) electrons. The first kappa shape index (κ1) is 22.9. The SMILES string of the molecule is CC.CN(C)c1ccc(S(=O)(=O)CC(C)(C)C=O)c(Cc2ccccc2)c1. The fourth-order valence-electron chi connectivity index (χ4n) is 2.70. The quantitative estimate of drug-likeness (QED) is 0.660. The van der Waals surface area contributed by atoms with Gasteiger partial charge in [0.15, 0.2) is 9.84 Å². The highest BCUT2D eigenvalue weighted by atomic mass is 32.2. The van der Waals surface area contributed by atoms with Crippen molar-refractivity contribution < 1.29 is 13.2 Å². The first-order valence-corrected chi connectivity index (χ1v) is 10.8. The van der Waals surface area contributed by atoms with Gasteiger partial charge in [0, 0.05) is 25.2 Å². The predicted octanol–water partition coefficient (Wildman–Crippen LogP) is 4.37. The molecule has 27 heavy (non-hydrogen) atoms. The molecule has 0 unspecified atom stereocenters. The molecule has 4 nitrogen and oxygen atoms in total. The van der Waals surface area contributed by atoms with Crippen molar-refractivity contribution in [2.75, 3.05) is 24.7 Å². The van der Waals surface area contributed by atoms with Crippen molar-refractivity contribution in [2.45, 2.75) is 39.0 Å². The lowest BCUT2D eigenvalue weighted by Gasteiger charge is -2.20. The molecule has 0 saturated heterocycles. The van der Waals surface area contributed by atoms with E-state index < -0.39 is 15.3 Å². The van der Waals surface area contributed by atoms with Gasteiger partial charge in [0.2, 0.25) is 0 Å². The van der Waals surface area contributed by atoms with Crippen LogP contribution >= 0.6 is 0 Å². The number of carbonyl (C=O) groups excluding carboxylic acids is 1. The Kier molecular flexibility index (Phi) is 8.22. The number of aldehydes is 1. The summed E-state index contributed by atoms with van der Waals surface area (Å²) in [4.78, 5) is 13.4. The maximum absolute atomic E-state index is 12.9. The van der Waals surface area contributed by atoms with Crippen LogP contribution < -0.4 is 4.90 Å². The maximum Gasteiger partial charge on any atom is 0.179 e. The zero-order chi connectivity index (χ0) is 20.7. The molecule has 0 aliphatic carbocycles. The van der Waals surface area contributed by atoms with Crippen molar-refractivity contribution in [2.24, 2.45) is 5.41 Å². The summed E-state index contributed by atoms with van der Waals surface area (Å²) in [6, 6.07) is 15.1. The molecule has 0 heterocycles. The molecular formula is C22H31NO3S. The first-order chi connectivity index (χ1) is 12.6. The number of hydrogen-bond acceptors (Lipinski definition) is 4. The molecule has 0 spiro atoms. The van der Waals surface area contributed by atoms with Gasteiger partial charge in [-0.05, 0) is 35.7 Å². The van der Waals surface area contributed by atoms with Gasteiger partial charge in [0.25, 0.3) is 0 Å². The predicted molar refractivity (Wildman–Crippen MR) is 113 cm³/mol. The largest absolute Gasteiger partial charge is 0.378 e. The summed E-state index contributed by atoms with van der Waals surface area (Å²) < 4.78 is 25.9. The van der Waals surface area contributed by atoms with E-state index in [9.17, 15) is 13.2 Å². The minimum atomic E-state index is -3.57. The number of rotatable bonds is 7. The zero-order valence-corrected chi connectivity index (χ0v) is 18.0. The Labute approximate surface area is 164 Å². The van der Waals surface area contributed by atoms with Crippen LogP contribution in [0, 0.1) is 5.41 Å². The van der Waals surface area contributed by atoms with E-state index in [1.165, 1.54) is 0 Å². The fourth-order valence-corrected chi connectivity index (χ4v) is 4.71. The number of carbonyl (C=O) groups is 1.